The second-order valence-electron chi connectivity index (χ2n) is 1.90. The number of aryl methyl sites for hydroxylation is 2. The number of aromatic nitrogens is 1. The largest absolute Gasteiger partial charge is 1.00 e. The topological polar surface area (TPSA) is 63.3 Å². The monoisotopic (exact) mass is 185 g/mol. The van der Waals surface area contributed by atoms with E-state index in [1.54, 1.807) is 13.8 Å². The molecule has 0 spiro atoms. The van der Waals surface area contributed by atoms with Crippen molar-refractivity contribution < 1.29 is 44.3 Å². The Kier molecular flexibility index (Phi) is 4.50. The summed E-state index contributed by atoms with van der Waals surface area (Å²) in [6.45, 7) is 3.23. The molecule has 11 heavy (non-hydrogen) atoms. The van der Waals surface area contributed by atoms with Crippen LogP contribution in [-0.4, -0.2) is 13.9 Å². The average molecular weight is 185 g/mol. The SMILES string of the molecule is Cc1noc(C)c1S(=O)O.[H-].[Na+]. The zero-order chi connectivity index (χ0) is 7.72. The van der Waals surface area contributed by atoms with Gasteiger partial charge in [0.05, 0.1) is 5.69 Å². The van der Waals surface area contributed by atoms with Gasteiger partial charge in [0.1, 0.15) is 4.90 Å². The zero-order valence-electron chi connectivity index (χ0n) is 7.62. The van der Waals surface area contributed by atoms with Crippen molar-refractivity contribution in [2.75, 3.05) is 0 Å². The summed E-state index contributed by atoms with van der Waals surface area (Å²) >= 11 is -1.98. The molecule has 0 aliphatic heterocycles. The molecule has 0 aliphatic rings. The van der Waals surface area contributed by atoms with Gasteiger partial charge in [-0.05, 0) is 13.8 Å². The summed E-state index contributed by atoms with van der Waals surface area (Å²) in [5.74, 6) is 0.401. The van der Waals surface area contributed by atoms with E-state index in [9.17, 15) is 4.21 Å². The molecule has 1 heterocycles. The van der Waals surface area contributed by atoms with Gasteiger partial charge >= 0.3 is 29.6 Å². The van der Waals surface area contributed by atoms with Crippen molar-refractivity contribution >= 4 is 11.1 Å². The first-order valence-corrected chi connectivity index (χ1v) is 3.77. The van der Waals surface area contributed by atoms with E-state index in [-0.39, 0.29) is 35.9 Å². The Morgan fingerprint density at radius 3 is 2.36 bits per heavy atom. The van der Waals surface area contributed by atoms with E-state index in [0.717, 1.165) is 0 Å². The van der Waals surface area contributed by atoms with Crippen molar-refractivity contribution in [1.82, 2.24) is 5.16 Å². The third-order valence-corrected chi connectivity index (χ3v) is 2.07. The van der Waals surface area contributed by atoms with E-state index >= 15 is 0 Å². The van der Waals surface area contributed by atoms with Gasteiger partial charge in [-0.3, -0.25) is 0 Å². The van der Waals surface area contributed by atoms with Crippen LogP contribution in [0.5, 0.6) is 0 Å². The normalized spacial score (nSPS) is 12.3. The molecule has 4 nitrogen and oxygen atoms in total. The van der Waals surface area contributed by atoms with Gasteiger partial charge in [0.25, 0.3) is 0 Å². The van der Waals surface area contributed by atoms with Crippen LogP contribution in [0.2, 0.25) is 0 Å². The molecule has 58 valence electrons. The summed E-state index contributed by atoms with van der Waals surface area (Å²) in [7, 11) is 0. The van der Waals surface area contributed by atoms with Crippen molar-refractivity contribution in [2.45, 2.75) is 18.7 Å². The van der Waals surface area contributed by atoms with Gasteiger partial charge in [0, 0.05) is 0 Å². The molecule has 1 aromatic rings. The predicted octanol–water partition coefficient (Wildman–Crippen LogP) is -2.01. The second kappa shape index (κ2) is 4.37. The minimum atomic E-state index is -1.98. The first-order valence-electron chi connectivity index (χ1n) is 2.66. The number of hydrogen-bond donors (Lipinski definition) is 1. The number of rotatable bonds is 1. The van der Waals surface area contributed by atoms with E-state index in [1.807, 2.05) is 0 Å². The van der Waals surface area contributed by atoms with Crippen LogP contribution in [-0.2, 0) is 11.1 Å². The molecule has 1 N–H and O–H groups in total. The summed E-state index contributed by atoms with van der Waals surface area (Å²) in [6.07, 6.45) is 0. The van der Waals surface area contributed by atoms with Crippen LogP contribution in [0.4, 0.5) is 0 Å². The van der Waals surface area contributed by atoms with E-state index in [0.29, 0.717) is 11.5 Å². The Bertz CT molecular complexity index is 258. The maximum atomic E-state index is 10.5. The fourth-order valence-corrected chi connectivity index (χ4v) is 1.30. The molecule has 0 saturated heterocycles. The molecule has 0 saturated carbocycles. The number of nitrogens with zero attached hydrogens (tertiary/aromatic N) is 1. The molecule has 0 aliphatic carbocycles. The van der Waals surface area contributed by atoms with Gasteiger partial charge < -0.3 is 10.5 Å². The van der Waals surface area contributed by atoms with Crippen LogP contribution in [0, 0.1) is 13.8 Å². The molecule has 0 radical (unpaired) electrons. The molecule has 0 aromatic carbocycles. The van der Waals surface area contributed by atoms with Crippen LogP contribution in [0.25, 0.3) is 0 Å². The van der Waals surface area contributed by atoms with Gasteiger partial charge in [-0.2, -0.15) is 0 Å². The quantitative estimate of drug-likeness (QED) is 0.405. The molecule has 0 fully saturated rings. The molecule has 1 unspecified atom stereocenters. The second-order valence-corrected chi connectivity index (χ2v) is 2.81. The average Bonchev–Trinajstić information content (AvgIpc) is 2.11. The molecule has 1 rings (SSSR count). The van der Waals surface area contributed by atoms with Gasteiger partial charge in [-0.1, -0.05) is 5.16 Å². The fourth-order valence-electron chi connectivity index (χ4n) is 0.724. The van der Waals surface area contributed by atoms with Gasteiger partial charge in [0.2, 0.25) is 0 Å². The van der Waals surface area contributed by atoms with Crippen LogP contribution >= 0.6 is 0 Å². The van der Waals surface area contributed by atoms with E-state index in [4.69, 9.17) is 4.55 Å². The Balaban J connectivity index is 0. The van der Waals surface area contributed by atoms with Crippen LogP contribution in [0.1, 0.15) is 12.9 Å². The predicted molar refractivity (Wildman–Crippen MR) is 36.1 cm³/mol. The summed E-state index contributed by atoms with van der Waals surface area (Å²) in [5, 5.41) is 3.51. The maximum absolute atomic E-state index is 10.5. The van der Waals surface area contributed by atoms with Crippen LogP contribution in [0.3, 0.4) is 0 Å². The number of hydrogen-bond acceptors (Lipinski definition) is 3. The van der Waals surface area contributed by atoms with Gasteiger partial charge in [-0.25, -0.2) is 4.21 Å². The Labute approximate surface area is 90.4 Å². The van der Waals surface area contributed by atoms with Crippen LogP contribution in [0.15, 0.2) is 9.42 Å². The Morgan fingerprint density at radius 2 is 2.18 bits per heavy atom. The zero-order valence-corrected chi connectivity index (χ0v) is 9.44. The van der Waals surface area contributed by atoms with Crippen molar-refractivity contribution in [3.05, 3.63) is 11.5 Å². The fraction of sp³-hybridized carbons (Fsp3) is 0.400. The Hall–Kier alpha value is 0.320. The molecule has 0 bridgehead atoms. The van der Waals surface area contributed by atoms with Crippen molar-refractivity contribution in [1.29, 1.82) is 0 Å². The summed E-state index contributed by atoms with van der Waals surface area (Å²) in [5.41, 5.74) is 0.471. The third kappa shape index (κ3) is 2.38. The molecular weight excluding hydrogens is 177 g/mol. The molecule has 0 amide bonds. The van der Waals surface area contributed by atoms with E-state index < -0.39 is 11.1 Å². The minimum Gasteiger partial charge on any atom is -1.00 e. The van der Waals surface area contributed by atoms with Crippen LogP contribution < -0.4 is 29.6 Å². The van der Waals surface area contributed by atoms with Crippen molar-refractivity contribution in [3.8, 4) is 0 Å². The third-order valence-electron chi connectivity index (χ3n) is 1.14. The van der Waals surface area contributed by atoms with E-state index in [1.165, 1.54) is 0 Å². The van der Waals surface area contributed by atoms with Crippen molar-refractivity contribution in [2.24, 2.45) is 0 Å². The molecular formula is C5H8NNaO3S. The van der Waals surface area contributed by atoms with Gasteiger partial charge in [-0.15, -0.1) is 0 Å². The summed E-state index contributed by atoms with van der Waals surface area (Å²) in [6, 6.07) is 0. The van der Waals surface area contributed by atoms with Gasteiger partial charge in [0.15, 0.2) is 16.8 Å². The molecule has 1 aromatic heterocycles. The first kappa shape index (κ1) is 11.3. The maximum Gasteiger partial charge on any atom is 1.00 e. The molecule has 6 heteroatoms. The van der Waals surface area contributed by atoms with Crippen molar-refractivity contribution in [3.63, 3.8) is 0 Å². The molecule has 1 atom stereocenters. The summed E-state index contributed by atoms with van der Waals surface area (Å²) in [4.78, 5) is 0.278. The first-order chi connectivity index (χ1) is 4.63. The standard InChI is InChI=1S/C5H7NO3S.Na.H/c1-3-5(10(7)8)4(2)9-6-3;;/h1-2H3,(H,7,8);;/q;+1;-1. The minimum absolute atomic E-state index is 0. The Morgan fingerprint density at radius 1 is 1.64 bits per heavy atom. The smallest absolute Gasteiger partial charge is 1.00 e. The summed E-state index contributed by atoms with van der Waals surface area (Å²) < 4.78 is 23.8. The van der Waals surface area contributed by atoms with E-state index in [2.05, 4.69) is 9.68 Å².